The number of carbonyl (C=O) groups excluding carboxylic acids is 1. The molecular formula is C17H20N2O4S. The Morgan fingerprint density at radius 3 is 2.29 bits per heavy atom. The van der Waals surface area contributed by atoms with Crippen LogP contribution >= 0.6 is 0 Å². The van der Waals surface area contributed by atoms with Crippen molar-refractivity contribution in [1.82, 2.24) is 4.90 Å². The van der Waals surface area contributed by atoms with Gasteiger partial charge in [0.1, 0.15) is 10.6 Å². The Kier molecular flexibility index (Phi) is 5.46. The van der Waals surface area contributed by atoms with Crippen LogP contribution in [0.4, 0.5) is 5.69 Å². The normalized spacial score (nSPS) is 11.0. The van der Waals surface area contributed by atoms with Gasteiger partial charge in [-0.15, -0.1) is 0 Å². The summed E-state index contributed by atoms with van der Waals surface area (Å²) in [5, 5.41) is 0. The molecule has 0 radical (unpaired) electrons. The van der Waals surface area contributed by atoms with Crippen LogP contribution in [0, 0.1) is 0 Å². The molecule has 1 N–H and O–H groups in total. The van der Waals surface area contributed by atoms with Gasteiger partial charge in [-0.3, -0.25) is 9.52 Å². The summed E-state index contributed by atoms with van der Waals surface area (Å²) in [5.74, 6) is 0.260. The van der Waals surface area contributed by atoms with E-state index in [1.54, 1.807) is 56.6 Å². The van der Waals surface area contributed by atoms with Gasteiger partial charge in [-0.05, 0) is 29.8 Å². The van der Waals surface area contributed by atoms with E-state index in [-0.39, 0.29) is 23.0 Å². The monoisotopic (exact) mass is 348 g/mol. The summed E-state index contributed by atoms with van der Waals surface area (Å²) < 4.78 is 32.6. The average Bonchev–Trinajstić information content (AvgIpc) is 2.56. The summed E-state index contributed by atoms with van der Waals surface area (Å²) in [5.41, 5.74) is 1.23. The van der Waals surface area contributed by atoms with Crippen molar-refractivity contribution in [2.45, 2.75) is 11.3 Å². The molecule has 2 aromatic rings. The van der Waals surface area contributed by atoms with Crippen LogP contribution in [0.3, 0.4) is 0 Å². The number of nitrogens with zero attached hydrogens (tertiary/aromatic N) is 1. The molecule has 0 unspecified atom stereocenters. The van der Waals surface area contributed by atoms with E-state index < -0.39 is 10.0 Å². The predicted octanol–water partition coefficient (Wildman–Crippen LogP) is 2.13. The third-order valence-corrected chi connectivity index (χ3v) is 4.84. The molecule has 0 spiro atoms. The molecular weight excluding hydrogens is 328 g/mol. The fourth-order valence-electron chi connectivity index (χ4n) is 2.07. The number of likely N-dealkylation sites (N-methyl/N-ethyl adjacent to an activating group) is 1. The van der Waals surface area contributed by atoms with E-state index in [1.165, 1.54) is 18.1 Å². The molecule has 2 aromatic carbocycles. The molecule has 6 nitrogen and oxygen atoms in total. The number of hydrogen-bond donors (Lipinski definition) is 1. The van der Waals surface area contributed by atoms with Gasteiger partial charge in [0, 0.05) is 19.8 Å². The second-order valence-electron chi connectivity index (χ2n) is 5.42. The van der Waals surface area contributed by atoms with Crippen LogP contribution in [0.5, 0.6) is 5.75 Å². The Labute approximate surface area is 142 Å². The Balaban J connectivity index is 2.17. The Hall–Kier alpha value is -2.54. The first-order valence-electron chi connectivity index (χ1n) is 7.28. The van der Waals surface area contributed by atoms with E-state index in [4.69, 9.17) is 4.74 Å². The largest absolute Gasteiger partial charge is 0.495 e. The number of benzene rings is 2. The molecule has 128 valence electrons. The highest BCUT2D eigenvalue weighted by atomic mass is 32.2. The van der Waals surface area contributed by atoms with Crippen LogP contribution < -0.4 is 9.46 Å². The highest BCUT2D eigenvalue weighted by Crippen LogP contribution is 2.25. The fourth-order valence-corrected chi connectivity index (χ4v) is 3.30. The van der Waals surface area contributed by atoms with Crippen LogP contribution in [0.25, 0.3) is 0 Å². The van der Waals surface area contributed by atoms with Crippen LogP contribution in [0.2, 0.25) is 0 Å². The van der Waals surface area contributed by atoms with Gasteiger partial charge in [0.2, 0.25) is 5.91 Å². The lowest BCUT2D eigenvalue weighted by atomic mass is 10.1. The molecule has 0 aromatic heterocycles. The van der Waals surface area contributed by atoms with Gasteiger partial charge >= 0.3 is 0 Å². The quantitative estimate of drug-likeness (QED) is 0.868. The smallest absolute Gasteiger partial charge is 0.265 e. The van der Waals surface area contributed by atoms with Gasteiger partial charge in [0.05, 0.1) is 13.5 Å². The maximum absolute atomic E-state index is 12.5. The van der Waals surface area contributed by atoms with E-state index in [9.17, 15) is 13.2 Å². The predicted molar refractivity (Wildman–Crippen MR) is 92.6 cm³/mol. The molecule has 7 heteroatoms. The minimum absolute atomic E-state index is 0.0163. The van der Waals surface area contributed by atoms with Crippen molar-refractivity contribution in [2.75, 3.05) is 25.9 Å². The van der Waals surface area contributed by atoms with Crippen molar-refractivity contribution in [1.29, 1.82) is 0 Å². The lowest BCUT2D eigenvalue weighted by Crippen LogP contribution is -2.23. The minimum Gasteiger partial charge on any atom is -0.495 e. The Morgan fingerprint density at radius 2 is 1.71 bits per heavy atom. The molecule has 0 saturated carbocycles. The number of hydrogen-bond acceptors (Lipinski definition) is 4. The Bertz CT molecular complexity index is 815. The maximum Gasteiger partial charge on any atom is 0.265 e. The van der Waals surface area contributed by atoms with Crippen LogP contribution in [-0.2, 0) is 21.2 Å². The fraction of sp³-hybridized carbons (Fsp3) is 0.235. The number of sulfonamides is 1. The molecule has 0 heterocycles. The zero-order chi connectivity index (χ0) is 17.7. The summed E-state index contributed by atoms with van der Waals surface area (Å²) in [6.45, 7) is 0. The van der Waals surface area contributed by atoms with Crippen molar-refractivity contribution in [3.05, 3.63) is 54.1 Å². The van der Waals surface area contributed by atoms with Crippen molar-refractivity contribution in [3.8, 4) is 5.75 Å². The molecule has 0 fully saturated rings. The highest BCUT2D eigenvalue weighted by molar-refractivity contribution is 7.92. The first-order valence-corrected chi connectivity index (χ1v) is 8.77. The van der Waals surface area contributed by atoms with E-state index >= 15 is 0 Å². The molecule has 0 aliphatic carbocycles. The number of methoxy groups -OCH3 is 1. The zero-order valence-corrected chi connectivity index (χ0v) is 14.6. The first-order chi connectivity index (χ1) is 11.3. The number of carbonyl (C=O) groups is 1. The summed E-state index contributed by atoms with van der Waals surface area (Å²) in [4.78, 5) is 13.3. The van der Waals surface area contributed by atoms with Gasteiger partial charge < -0.3 is 9.64 Å². The van der Waals surface area contributed by atoms with Crippen molar-refractivity contribution >= 4 is 21.6 Å². The molecule has 2 rings (SSSR count). The maximum atomic E-state index is 12.5. The van der Waals surface area contributed by atoms with Gasteiger partial charge in [0.15, 0.2) is 0 Å². The van der Waals surface area contributed by atoms with Crippen molar-refractivity contribution in [3.63, 3.8) is 0 Å². The van der Waals surface area contributed by atoms with E-state index in [1.807, 2.05) is 0 Å². The summed E-state index contributed by atoms with van der Waals surface area (Å²) in [6, 6.07) is 13.1. The molecule has 0 aliphatic rings. The third-order valence-electron chi connectivity index (χ3n) is 3.42. The highest BCUT2D eigenvalue weighted by Gasteiger charge is 2.19. The number of para-hydroxylation sites is 1. The second kappa shape index (κ2) is 7.35. The van der Waals surface area contributed by atoms with Crippen LogP contribution in [0.15, 0.2) is 53.4 Å². The van der Waals surface area contributed by atoms with Gasteiger partial charge in [-0.2, -0.15) is 0 Å². The molecule has 0 aliphatic heterocycles. The molecule has 0 saturated heterocycles. The van der Waals surface area contributed by atoms with E-state index in [0.717, 1.165) is 5.56 Å². The summed E-state index contributed by atoms with van der Waals surface area (Å²) in [7, 11) is 1.05. The molecule has 0 atom stereocenters. The van der Waals surface area contributed by atoms with Crippen LogP contribution in [0.1, 0.15) is 5.56 Å². The molecule has 0 bridgehead atoms. The van der Waals surface area contributed by atoms with E-state index in [0.29, 0.717) is 5.69 Å². The minimum atomic E-state index is -3.76. The van der Waals surface area contributed by atoms with Crippen molar-refractivity contribution < 1.29 is 17.9 Å². The lowest BCUT2D eigenvalue weighted by molar-refractivity contribution is -0.127. The van der Waals surface area contributed by atoms with Gasteiger partial charge in [-0.25, -0.2) is 8.42 Å². The zero-order valence-electron chi connectivity index (χ0n) is 13.8. The number of rotatable bonds is 6. The standard InChI is InChI=1S/C17H20N2O4S/c1-19(2)17(20)12-13-8-10-14(11-9-13)18-24(21,22)16-7-5-4-6-15(16)23-3/h4-11,18H,12H2,1-3H3. The van der Waals surface area contributed by atoms with E-state index in [2.05, 4.69) is 4.72 Å². The second-order valence-corrected chi connectivity index (χ2v) is 7.07. The Morgan fingerprint density at radius 1 is 1.08 bits per heavy atom. The number of nitrogens with one attached hydrogen (secondary N) is 1. The number of anilines is 1. The molecule has 24 heavy (non-hydrogen) atoms. The SMILES string of the molecule is COc1ccccc1S(=O)(=O)Nc1ccc(CC(=O)N(C)C)cc1. The van der Waals surface area contributed by atoms with Crippen LogP contribution in [-0.4, -0.2) is 40.4 Å². The summed E-state index contributed by atoms with van der Waals surface area (Å²) >= 11 is 0. The number of ether oxygens (including phenoxy) is 1. The van der Waals surface area contributed by atoms with Gasteiger partial charge in [0.25, 0.3) is 10.0 Å². The van der Waals surface area contributed by atoms with Crippen molar-refractivity contribution in [2.24, 2.45) is 0 Å². The first kappa shape index (κ1) is 17.8. The van der Waals surface area contributed by atoms with Gasteiger partial charge in [-0.1, -0.05) is 24.3 Å². The molecule has 1 amide bonds. The lowest BCUT2D eigenvalue weighted by Gasteiger charge is -2.12. The number of amides is 1. The third kappa shape index (κ3) is 4.26. The topological polar surface area (TPSA) is 75.7 Å². The summed E-state index contributed by atoms with van der Waals surface area (Å²) in [6.07, 6.45) is 0.270. The average molecular weight is 348 g/mol.